The van der Waals surface area contributed by atoms with Gasteiger partial charge in [-0.2, -0.15) is 13.2 Å². The van der Waals surface area contributed by atoms with E-state index in [9.17, 15) is 23.3 Å². The second kappa shape index (κ2) is 6.27. The number of halogens is 3. The number of benzene rings is 1. The van der Waals surface area contributed by atoms with Crippen LogP contribution in [0.1, 0.15) is 12.5 Å². The third-order valence-electron chi connectivity index (χ3n) is 2.99. The molecule has 0 heterocycles. The molecular weight excluding hydrogens is 293 g/mol. The molecule has 1 aromatic rings. The molecule has 0 radical (unpaired) electrons. The van der Waals surface area contributed by atoms with Crippen molar-refractivity contribution >= 4 is 11.4 Å². The van der Waals surface area contributed by atoms with Crippen LogP contribution >= 0.6 is 0 Å². The van der Waals surface area contributed by atoms with Crippen molar-refractivity contribution in [1.29, 1.82) is 0 Å². The Morgan fingerprint density at radius 2 is 1.86 bits per heavy atom. The van der Waals surface area contributed by atoms with Gasteiger partial charge in [0, 0.05) is 18.0 Å². The van der Waals surface area contributed by atoms with E-state index in [-0.39, 0.29) is 25.4 Å². The second-order valence-electron chi connectivity index (χ2n) is 4.97. The summed E-state index contributed by atoms with van der Waals surface area (Å²) < 4.78 is 37.6. The number of rotatable bonds is 6. The lowest BCUT2D eigenvalue weighted by atomic mass is 9.93. The monoisotopic (exact) mass is 308 g/mol. The van der Waals surface area contributed by atoms with E-state index in [0.717, 1.165) is 12.1 Å². The number of nitro benzene ring substituents is 1. The molecule has 9 heteroatoms. The van der Waals surface area contributed by atoms with Crippen molar-refractivity contribution in [2.75, 3.05) is 25.1 Å². The molecule has 0 spiro atoms. The van der Waals surface area contributed by atoms with E-state index in [1.807, 2.05) is 0 Å². The minimum atomic E-state index is -4.67. The Hall–Kier alpha value is -1.87. The van der Waals surface area contributed by atoms with Crippen LogP contribution in [0.25, 0.3) is 0 Å². The molecule has 0 atom stereocenters. The van der Waals surface area contributed by atoms with E-state index < -0.39 is 27.8 Å². The lowest BCUT2D eigenvalue weighted by Gasteiger charge is -2.25. The van der Waals surface area contributed by atoms with Crippen molar-refractivity contribution in [2.24, 2.45) is 5.41 Å². The number of nitrogens with one attached hydrogen (secondary N) is 1. The molecule has 0 unspecified atom stereocenters. The Balaban J connectivity index is 3.05. The average molecular weight is 308 g/mol. The molecular formula is C12H15F3N2O4. The maximum atomic E-state index is 12.5. The predicted octanol–water partition coefficient (Wildman–Crippen LogP) is 2.02. The third kappa shape index (κ3) is 4.30. The summed E-state index contributed by atoms with van der Waals surface area (Å²) in [7, 11) is 0. The smallest absolute Gasteiger partial charge is 0.396 e. The topological polar surface area (TPSA) is 95.6 Å². The van der Waals surface area contributed by atoms with Crippen LogP contribution in [-0.2, 0) is 6.18 Å². The van der Waals surface area contributed by atoms with Gasteiger partial charge in [-0.05, 0) is 12.1 Å². The molecule has 118 valence electrons. The van der Waals surface area contributed by atoms with E-state index in [1.165, 1.54) is 6.92 Å². The molecule has 0 saturated heterocycles. The maximum Gasteiger partial charge on any atom is 0.416 e. The van der Waals surface area contributed by atoms with E-state index in [0.29, 0.717) is 6.07 Å². The minimum Gasteiger partial charge on any atom is -0.396 e. The number of anilines is 1. The summed E-state index contributed by atoms with van der Waals surface area (Å²) in [5, 5.41) is 31.7. The maximum absolute atomic E-state index is 12.5. The van der Waals surface area contributed by atoms with Gasteiger partial charge in [0.15, 0.2) is 0 Å². The van der Waals surface area contributed by atoms with E-state index >= 15 is 0 Å². The highest BCUT2D eigenvalue weighted by atomic mass is 19.4. The normalized spacial score (nSPS) is 12.3. The second-order valence-corrected chi connectivity index (χ2v) is 4.97. The minimum absolute atomic E-state index is 0.0355. The lowest BCUT2D eigenvalue weighted by Crippen LogP contribution is -2.34. The molecule has 0 fully saturated rings. The summed E-state index contributed by atoms with van der Waals surface area (Å²) in [6.07, 6.45) is -4.67. The summed E-state index contributed by atoms with van der Waals surface area (Å²) in [5.74, 6) is 0. The number of aliphatic hydroxyl groups excluding tert-OH is 2. The Bertz CT molecular complexity index is 516. The summed E-state index contributed by atoms with van der Waals surface area (Å²) in [4.78, 5) is 9.94. The van der Waals surface area contributed by atoms with E-state index in [4.69, 9.17) is 10.2 Å². The first-order valence-corrected chi connectivity index (χ1v) is 5.94. The SMILES string of the molecule is CC(CO)(CO)CNc1ccc(C(F)(F)F)cc1[N+](=O)[O-]. The number of hydrogen-bond donors (Lipinski definition) is 3. The molecule has 1 rings (SSSR count). The highest BCUT2D eigenvalue weighted by molar-refractivity contribution is 5.63. The van der Waals surface area contributed by atoms with Crippen molar-refractivity contribution in [3.8, 4) is 0 Å². The molecule has 0 bridgehead atoms. The molecule has 0 amide bonds. The van der Waals surface area contributed by atoms with Gasteiger partial charge in [-0.25, -0.2) is 0 Å². The van der Waals surface area contributed by atoms with E-state index in [2.05, 4.69) is 5.32 Å². The van der Waals surface area contributed by atoms with Crippen LogP contribution in [0.2, 0.25) is 0 Å². The third-order valence-corrected chi connectivity index (χ3v) is 2.99. The first kappa shape index (κ1) is 17.2. The summed E-state index contributed by atoms with van der Waals surface area (Å²) >= 11 is 0. The number of nitro groups is 1. The number of aliphatic hydroxyl groups is 2. The zero-order valence-electron chi connectivity index (χ0n) is 11.1. The van der Waals surface area contributed by atoms with Gasteiger partial charge in [-0.1, -0.05) is 6.92 Å². The van der Waals surface area contributed by atoms with Crippen LogP contribution in [0.3, 0.4) is 0 Å². The zero-order chi connectivity index (χ0) is 16.3. The largest absolute Gasteiger partial charge is 0.416 e. The van der Waals surface area contributed by atoms with Crippen LogP contribution < -0.4 is 5.32 Å². The molecule has 3 N–H and O–H groups in total. The Morgan fingerprint density at radius 1 is 1.29 bits per heavy atom. The lowest BCUT2D eigenvalue weighted by molar-refractivity contribution is -0.384. The molecule has 0 saturated carbocycles. The van der Waals surface area contributed by atoms with Crippen molar-refractivity contribution in [3.05, 3.63) is 33.9 Å². The molecule has 6 nitrogen and oxygen atoms in total. The number of nitrogens with zero attached hydrogens (tertiary/aromatic N) is 1. The van der Waals surface area contributed by atoms with Crippen LogP contribution in [-0.4, -0.2) is 34.9 Å². The van der Waals surface area contributed by atoms with Crippen LogP contribution in [0.15, 0.2) is 18.2 Å². The van der Waals surface area contributed by atoms with Gasteiger partial charge in [-0.3, -0.25) is 10.1 Å². The van der Waals surface area contributed by atoms with Crippen LogP contribution in [0, 0.1) is 15.5 Å². The Kier molecular flexibility index (Phi) is 5.13. The summed E-state index contributed by atoms with van der Waals surface area (Å²) in [6.45, 7) is 0.720. The van der Waals surface area contributed by atoms with Gasteiger partial charge >= 0.3 is 6.18 Å². The quantitative estimate of drug-likeness (QED) is 0.552. The van der Waals surface area contributed by atoms with Gasteiger partial charge in [0.05, 0.1) is 23.7 Å². The van der Waals surface area contributed by atoms with Gasteiger partial charge < -0.3 is 15.5 Å². The van der Waals surface area contributed by atoms with Crippen molar-refractivity contribution in [1.82, 2.24) is 0 Å². The molecule has 0 aliphatic rings. The van der Waals surface area contributed by atoms with Crippen LogP contribution in [0.4, 0.5) is 24.5 Å². The molecule has 0 aromatic heterocycles. The zero-order valence-corrected chi connectivity index (χ0v) is 11.1. The Labute approximate surface area is 118 Å². The fourth-order valence-corrected chi connectivity index (χ4v) is 1.48. The van der Waals surface area contributed by atoms with Crippen LogP contribution in [0.5, 0.6) is 0 Å². The summed E-state index contributed by atoms with van der Waals surface area (Å²) in [6, 6.07) is 2.12. The highest BCUT2D eigenvalue weighted by Crippen LogP contribution is 2.35. The standard InChI is InChI=1S/C12H15F3N2O4/c1-11(6-18,7-19)5-16-9-3-2-8(12(13,14)15)4-10(9)17(20)21/h2-4,16,18-19H,5-7H2,1H3. The molecule has 21 heavy (non-hydrogen) atoms. The predicted molar refractivity (Wildman–Crippen MR) is 68.9 cm³/mol. The molecule has 0 aliphatic heterocycles. The van der Waals surface area contributed by atoms with Gasteiger partial charge in [0.25, 0.3) is 5.69 Å². The first-order chi connectivity index (χ1) is 9.63. The fraction of sp³-hybridized carbons (Fsp3) is 0.500. The van der Waals surface area contributed by atoms with Crippen molar-refractivity contribution in [2.45, 2.75) is 13.1 Å². The van der Waals surface area contributed by atoms with Crippen molar-refractivity contribution < 1.29 is 28.3 Å². The Morgan fingerprint density at radius 3 is 2.29 bits per heavy atom. The van der Waals surface area contributed by atoms with Gasteiger partial charge in [-0.15, -0.1) is 0 Å². The molecule has 1 aromatic carbocycles. The summed E-state index contributed by atoms with van der Waals surface area (Å²) in [5.41, 5.74) is -2.90. The highest BCUT2D eigenvalue weighted by Gasteiger charge is 2.33. The average Bonchev–Trinajstić information content (AvgIpc) is 2.43. The van der Waals surface area contributed by atoms with Gasteiger partial charge in [0.1, 0.15) is 5.69 Å². The molecule has 0 aliphatic carbocycles. The first-order valence-electron chi connectivity index (χ1n) is 5.94. The van der Waals surface area contributed by atoms with Crippen molar-refractivity contribution in [3.63, 3.8) is 0 Å². The number of alkyl halides is 3. The van der Waals surface area contributed by atoms with Gasteiger partial charge in [0.2, 0.25) is 0 Å². The fourth-order valence-electron chi connectivity index (χ4n) is 1.48. The number of hydrogen-bond acceptors (Lipinski definition) is 5. The van der Waals surface area contributed by atoms with E-state index in [1.54, 1.807) is 0 Å².